The number of nitrogens with zero attached hydrogens (tertiary/aromatic N) is 1. The minimum absolute atomic E-state index is 0.0601. The van der Waals surface area contributed by atoms with Crippen molar-refractivity contribution >= 4 is 11.7 Å². The number of hydrogen-bond acceptors (Lipinski definition) is 3. The van der Waals surface area contributed by atoms with E-state index in [9.17, 15) is 9.59 Å². The van der Waals surface area contributed by atoms with Crippen molar-refractivity contribution in [1.29, 1.82) is 0 Å². The highest BCUT2D eigenvalue weighted by Crippen LogP contribution is 2.24. The molecule has 0 bridgehead atoms. The van der Waals surface area contributed by atoms with Gasteiger partial charge in [-0.25, -0.2) is 5.06 Å². The lowest BCUT2D eigenvalue weighted by atomic mass is 9.85. The van der Waals surface area contributed by atoms with Gasteiger partial charge in [0.2, 0.25) is 0 Å². The predicted octanol–water partition coefficient (Wildman–Crippen LogP) is 1.40. The quantitative estimate of drug-likeness (QED) is 0.712. The van der Waals surface area contributed by atoms with Gasteiger partial charge in [0, 0.05) is 18.4 Å². The Morgan fingerprint density at radius 1 is 1.53 bits per heavy atom. The fourth-order valence-corrected chi connectivity index (χ4v) is 1.44. The van der Waals surface area contributed by atoms with Crippen LogP contribution in [0.4, 0.5) is 0 Å². The number of carbonyl (C=O) groups is 2. The molecule has 0 aliphatic carbocycles. The van der Waals surface area contributed by atoms with Crippen molar-refractivity contribution in [3.05, 3.63) is 0 Å². The number of amides is 1. The summed E-state index contributed by atoms with van der Waals surface area (Å²) in [5.41, 5.74) is -0.375. The highest BCUT2D eigenvalue weighted by molar-refractivity contribution is 5.89. The van der Waals surface area contributed by atoms with Crippen LogP contribution in [0, 0.1) is 11.3 Å². The second-order valence-electron chi connectivity index (χ2n) is 4.90. The summed E-state index contributed by atoms with van der Waals surface area (Å²) in [6.45, 7) is 8.34. The first-order valence-electron chi connectivity index (χ1n) is 5.34. The molecule has 0 aromatic heterocycles. The fraction of sp³-hybridized carbons (Fsp3) is 0.818. The molecule has 1 amide bonds. The zero-order chi connectivity index (χ0) is 11.6. The van der Waals surface area contributed by atoms with Gasteiger partial charge in [0.15, 0.2) is 0 Å². The summed E-state index contributed by atoms with van der Waals surface area (Å²) in [5, 5.41) is 1.33. The molecule has 0 saturated carbocycles. The Balaban J connectivity index is 2.55. The van der Waals surface area contributed by atoms with E-state index in [-0.39, 0.29) is 23.0 Å². The summed E-state index contributed by atoms with van der Waals surface area (Å²) in [6.07, 6.45) is 0.291. The molecule has 0 aromatic rings. The lowest BCUT2D eigenvalue weighted by Crippen LogP contribution is -2.29. The molecule has 86 valence electrons. The van der Waals surface area contributed by atoms with Crippen LogP contribution in [0.2, 0.25) is 0 Å². The summed E-state index contributed by atoms with van der Waals surface area (Å²) >= 11 is 0. The van der Waals surface area contributed by atoms with Crippen molar-refractivity contribution in [3.63, 3.8) is 0 Å². The van der Waals surface area contributed by atoms with E-state index >= 15 is 0 Å². The van der Waals surface area contributed by atoms with Crippen molar-refractivity contribution in [3.8, 4) is 0 Å². The first-order valence-corrected chi connectivity index (χ1v) is 5.34. The Morgan fingerprint density at radius 3 is 2.53 bits per heavy atom. The van der Waals surface area contributed by atoms with Crippen LogP contribution < -0.4 is 0 Å². The molecule has 1 rings (SSSR count). The van der Waals surface area contributed by atoms with Gasteiger partial charge in [-0.3, -0.25) is 14.4 Å². The van der Waals surface area contributed by atoms with Gasteiger partial charge < -0.3 is 0 Å². The van der Waals surface area contributed by atoms with E-state index in [1.165, 1.54) is 5.06 Å². The van der Waals surface area contributed by atoms with Gasteiger partial charge >= 0.3 is 0 Å². The number of Topliss-reactive ketones (excluding diaryl/α,β-unsaturated/α-hetero) is 1. The van der Waals surface area contributed by atoms with Crippen LogP contribution in [0.25, 0.3) is 0 Å². The number of carbonyl (C=O) groups excluding carboxylic acids is 2. The Morgan fingerprint density at radius 2 is 2.13 bits per heavy atom. The highest BCUT2D eigenvalue weighted by atomic mass is 16.7. The Hall–Kier alpha value is -0.900. The lowest BCUT2D eigenvalue weighted by molar-refractivity contribution is -0.160. The van der Waals surface area contributed by atoms with E-state index in [0.717, 1.165) is 0 Å². The van der Waals surface area contributed by atoms with Crippen molar-refractivity contribution in [2.24, 2.45) is 11.3 Å². The van der Waals surface area contributed by atoms with Crippen molar-refractivity contribution < 1.29 is 14.4 Å². The van der Waals surface area contributed by atoms with Crippen molar-refractivity contribution in [2.45, 2.75) is 34.1 Å². The maximum atomic E-state index is 11.7. The van der Waals surface area contributed by atoms with E-state index < -0.39 is 0 Å². The number of hydrogen-bond donors (Lipinski definition) is 0. The van der Waals surface area contributed by atoms with Crippen molar-refractivity contribution in [1.82, 2.24) is 5.06 Å². The molecule has 0 unspecified atom stereocenters. The number of ketones is 1. The molecule has 0 N–H and O–H groups in total. The smallest absolute Gasteiger partial charge is 0.252 e. The summed E-state index contributed by atoms with van der Waals surface area (Å²) in [4.78, 5) is 28.6. The van der Waals surface area contributed by atoms with Gasteiger partial charge in [-0.1, -0.05) is 20.8 Å². The molecule has 4 nitrogen and oxygen atoms in total. The van der Waals surface area contributed by atoms with Crippen LogP contribution in [0.1, 0.15) is 34.1 Å². The van der Waals surface area contributed by atoms with Crippen molar-refractivity contribution in [2.75, 3.05) is 13.2 Å². The van der Waals surface area contributed by atoms with Gasteiger partial charge in [0.1, 0.15) is 5.78 Å². The summed E-state index contributed by atoms with van der Waals surface area (Å²) < 4.78 is 0. The molecular weight excluding hydrogens is 194 g/mol. The van der Waals surface area contributed by atoms with E-state index in [1.807, 2.05) is 27.7 Å². The van der Waals surface area contributed by atoms with E-state index in [4.69, 9.17) is 4.84 Å². The van der Waals surface area contributed by atoms with Gasteiger partial charge in [-0.2, -0.15) is 0 Å². The van der Waals surface area contributed by atoms with E-state index in [1.54, 1.807) is 0 Å². The molecule has 0 aromatic carbocycles. The monoisotopic (exact) mass is 213 g/mol. The number of rotatable bonds is 3. The molecule has 1 heterocycles. The van der Waals surface area contributed by atoms with E-state index in [0.29, 0.717) is 19.6 Å². The average molecular weight is 213 g/mol. The van der Waals surface area contributed by atoms with Gasteiger partial charge in [-0.05, 0) is 6.92 Å². The van der Waals surface area contributed by atoms with E-state index in [2.05, 4.69) is 0 Å². The molecule has 1 aliphatic rings. The Kier molecular flexibility index (Phi) is 3.50. The average Bonchev–Trinajstić information content (AvgIpc) is 2.46. The minimum atomic E-state index is -0.375. The molecule has 4 heteroatoms. The molecule has 1 fully saturated rings. The lowest BCUT2D eigenvalue weighted by Gasteiger charge is -2.18. The van der Waals surface area contributed by atoms with Gasteiger partial charge in [0.25, 0.3) is 5.91 Å². The largest absolute Gasteiger partial charge is 0.299 e. The normalized spacial score (nSPS) is 22.3. The summed E-state index contributed by atoms with van der Waals surface area (Å²) in [7, 11) is 0. The fourth-order valence-electron chi connectivity index (χ4n) is 1.44. The van der Waals surface area contributed by atoms with Crippen LogP contribution in [0.15, 0.2) is 0 Å². The molecule has 0 spiro atoms. The second kappa shape index (κ2) is 4.31. The maximum Gasteiger partial charge on any atom is 0.252 e. The van der Waals surface area contributed by atoms with Gasteiger partial charge in [0.05, 0.1) is 12.5 Å². The first kappa shape index (κ1) is 12.2. The third kappa shape index (κ3) is 2.78. The summed E-state index contributed by atoms with van der Waals surface area (Å²) in [5.74, 6) is -0.228. The SMILES string of the molecule is CCN1OC[C@H](CC(=O)C(C)(C)C)C1=O. The second-order valence-corrected chi connectivity index (χ2v) is 4.90. The van der Waals surface area contributed by atoms with Crippen LogP contribution >= 0.6 is 0 Å². The zero-order valence-corrected chi connectivity index (χ0v) is 9.87. The topological polar surface area (TPSA) is 46.6 Å². The third-order valence-corrected chi connectivity index (χ3v) is 2.58. The van der Waals surface area contributed by atoms with Gasteiger partial charge in [-0.15, -0.1) is 0 Å². The van der Waals surface area contributed by atoms with Crippen LogP contribution in [0.5, 0.6) is 0 Å². The third-order valence-electron chi connectivity index (χ3n) is 2.58. The molecule has 1 saturated heterocycles. The molecular formula is C11H19NO3. The highest BCUT2D eigenvalue weighted by Gasteiger charge is 2.35. The Bertz CT molecular complexity index is 267. The standard InChI is InChI=1S/C11H19NO3/c1-5-12-10(14)8(7-15-12)6-9(13)11(2,3)4/h8H,5-7H2,1-4H3/t8-/m0/s1. The predicted molar refractivity (Wildman–Crippen MR) is 55.9 cm³/mol. The molecule has 1 atom stereocenters. The first-order chi connectivity index (χ1) is 6.86. The molecule has 1 aliphatic heterocycles. The molecule has 15 heavy (non-hydrogen) atoms. The van der Waals surface area contributed by atoms with Crippen LogP contribution in [-0.4, -0.2) is 29.9 Å². The van der Waals surface area contributed by atoms with Crippen LogP contribution in [0.3, 0.4) is 0 Å². The summed E-state index contributed by atoms with van der Waals surface area (Å²) in [6, 6.07) is 0. The Labute approximate surface area is 90.5 Å². The number of hydroxylamine groups is 2. The van der Waals surface area contributed by atoms with Crippen LogP contribution in [-0.2, 0) is 14.4 Å². The zero-order valence-electron chi connectivity index (χ0n) is 9.87. The maximum absolute atomic E-state index is 11.7. The molecule has 0 radical (unpaired) electrons. The minimum Gasteiger partial charge on any atom is -0.299 e.